The predicted molar refractivity (Wildman–Crippen MR) is 78.9 cm³/mol. The summed E-state index contributed by atoms with van der Waals surface area (Å²) in [6.07, 6.45) is 0. The van der Waals surface area contributed by atoms with Gasteiger partial charge in [-0.05, 0) is 31.6 Å². The van der Waals surface area contributed by atoms with Gasteiger partial charge in [0.25, 0.3) is 0 Å². The topological polar surface area (TPSA) is 53.6 Å². The average Bonchev–Trinajstić information content (AvgIpc) is 2.26. The fraction of sp³-hybridized carbons (Fsp3) is 0.500. The van der Waals surface area contributed by atoms with Crippen LogP contribution < -0.4 is 11.1 Å². The number of rotatable bonds is 5. The Bertz CT molecular complexity index is 382. The zero-order chi connectivity index (χ0) is 13.6. The van der Waals surface area contributed by atoms with E-state index in [4.69, 9.17) is 5.73 Å². The van der Waals surface area contributed by atoms with E-state index in [-0.39, 0.29) is 5.41 Å². The number of nitrogens with two attached hydrogens (primary N) is 1. The molecule has 1 aromatic rings. The van der Waals surface area contributed by atoms with Crippen LogP contribution >= 0.6 is 0 Å². The van der Waals surface area contributed by atoms with Crippen molar-refractivity contribution in [3.8, 4) is 0 Å². The number of hydrogen-bond donors (Lipinski definition) is 2. The van der Waals surface area contributed by atoms with Gasteiger partial charge in [0.2, 0.25) is 0 Å². The molecule has 1 aromatic carbocycles. The summed E-state index contributed by atoms with van der Waals surface area (Å²) < 4.78 is 0. The summed E-state index contributed by atoms with van der Waals surface area (Å²) in [6.45, 7) is 6.06. The van der Waals surface area contributed by atoms with Crippen LogP contribution in [0.15, 0.2) is 35.3 Å². The molecule has 4 heteroatoms. The van der Waals surface area contributed by atoms with E-state index in [9.17, 15) is 0 Å². The van der Waals surface area contributed by atoms with Gasteiger partial charge in [-0.2, -0.15) is 0 Å². The second-order valence-corrected chi connectivity index (χ2v) is 5.59. The van der Waals surface area contributed by atoms with Crippen molar-refractivity contribution in [2.75, 3.05) is 32.5 Å². The molecule has 4 nitrogen and oxygen atoms in total. The van der Waals surface area contributed by atoms with E-state index in [0.29, 0.717) is 12.5 Å². The second-order valence-electron chi connectivity index (χ2n) is 5.59. The number of aliphatic imine (C=N–C) groups is 1. The van der Waals surface area contributed by atoms with Gasteiger partial charge in [-0.1, -0.05) is 32.0 Å². The summed E-state index contributed by atoms with van der Waals surface area (Å²) in [7, 11) is 4.13. The van der Waals surface area contributed by atoms with Crippen LogP contribution in [0.25, 0.3) is 0 Å². The largest absolute Gasteiger partial charge is 0.370 e. The van der Waals surface area contributed by atoms with E-state index in [1.54, 1.807) is 0 Å². The van der Waals surface area contributed by atoms with Crippen molar-refractivity contribution in [2.45, 2.75) is 13.8 Å². The highest BCUT2D eigenvalue weighted by Crippen LogP contribution is 2.16. The van der Waals surface area contributed by atoms with Crippen molar-refractivity contribution in [1.29, 1.82) is 0 Å². The monoisotopic (exact) mass is 248 g/mol. The van der Waals surface area contributed by atoms with Gasteiger partial charge in [-0.15, -0.1) is 0 Å². The van der Waals surface area contributed by atoms with Crippen molar-refractivity contribution in [3.05, 3.63) is 30.3 Å². The molecule has 0 amide bonds. The number of nitrogens with zero attached hydrogens (tertiary/aromatic N) is 2. The minimum Gasteiger partial charge on any atom is -0.370 e. The fourth-order valence-corrected chi connectivity index (χ4v) is 1.91. The van der Waals surface area contributed by atoms with Gasteiger partial charge in [0.15, 0.2) is 5.96 Å². The molecule has 1 rings (SSSR count). The van der Waals surface area contributed by atoms with Gasteiger partial charge < -0.3 is 16.0 Å². The number of hydrogen-bond acceptors (Lipinski definition) is 2. The number of anilines is 1. The predicted octanol–water partition coefficient (Wildman–Crippen LogP) is 2.00. The van der Waals surface area contributed by atoms with Gasteiger partial charge in [-0.3, -0.25) is 4.99 Å². The molecule has 100 valence electrons. The number of nitrogens with one attached hydrogen (secondary N) is 1. The minimum absolute atomic E-state index is 0.118. The van der Waals surface area contributed by atoms with Crippen molar-refractivity contribution in [3.63, 3.8) is 0 Å². The first-order valence-electron chi connectivity index (χ1n) is 6.16. The molecule has 18 heavy (non-hydrogen) atoms. The molecule has 0 aliphatic heterocycles. The Morgan fingerprint density at radius 2 is 1.89 bits per heavy atom. The van der Waals surface area contributed by atoms with Crippen molar-refractivity contribution in [1.82, 2.24) is 4.90 Å². The maximum atomic E-state index is 5.87. The quantitative estimate of drug-likeness (QED) is 0.619. The molecule has 3 N–H and O–H groups in total. The lowest BCUT2D eigenvalue weighted by Crippen LogP contribution is -2.32. The number of guanidine groups is 1. The second kappa shape index (κ2) is 6.40. The lowest BCUT2D eigenvalue weighted by Gasteiger charge is -2.26. The lowest BCUT2D eigenvalue weighted by atomic mass is 9.93. The van der Waals surface area contributed by atoms with Crippen molar-refractivity contribution >= 4 is 11.6 Å². The van der Waals surface area contributed by atoms with E-state index < -0.39 is 0 Å². The van der Waals surface area contributed by atoms with E-state index in [1.165, 1.54) is 0 Å². The molecule has 0 saturated carbocycles. The van der Waals surface area contributed by atoms with E-state index in [0.717, 1.165) is 12.2 Å². The molecular weight excluding hydrogens is 224 g/mol. The highest BCUT2D eigenvalue weighted by molar-refractivity contribution is 5.92. The summed E-state index contributed by atoms with van der Waals surface area (Å²) in [5.41, 5.74) is 6.95. The first kappa shape index (κ1) is 14.5. The van der Waals surface area contributed by atoms with Crippen LogP contribution in [0.3, 0.4) is 0 Å². The molecule has 0 aliphatic rings. The van der Waals surface area contributed by atoms with E-state index in [1.807, 2.05) is 30.3 Å². The van der Waals surface area contributed by atoms with Crippen LogP contribution in [0.2, 0.25) is 0 Å². The Labute approximate surface area is 110 Å². The minimum atomic E-state index is 0.118. The fourth-order valence-electron chi connectivity index (χ4n) is 1.91. The van der Waals surface area contributed by atoms with E-state index in [2.05, 4.69) is 43.2 Å². The van der Waals surface area contributed by atoms with Crippen LogP contribution in [0.4, 0.5) is 5.69 Å². The number of benzene rings is 1. The zero-order valence-corrected chi connectivity index (χ0v) is 11.8. The first-order valence-corrected chi connectivity index (χ1v) is 6.16. The summed E-state index contributed by atoms with van der Waals surface area (Å²) in [5, 5.41) is 3.08. The summed E-state index contributed by atoms with van der Waals surface area (Å²) in [5.74, 6) is 0.466. The van der Waals surface area contributed by atoms with Crippen LogP contribution in [0.1, 0.15) is 13.8 Å². The molecular formula is C14H24N4. The van der Waals surface area contributed by atoms with E-state index >= 15 is 0 Å². The molecule has 0 aliphatic carbocycles. The smallest absolute Gasteiger partial charge is 0.193 e. The third kappa shape index (κ3) is 5.68. The molecule has 0 bridgehead atoms. The molecule has 0 heterocycles. The zero-order valence-electron chi connectivity index (χ0n) is 11.8. The molecule has 0 saturated heterocycles. The summed E-state index contributed by atoms with van der Waals surface area (Å²) in [6, 6.07) is 9.83. The van der Waals surface area contributed by atoms with Crippen molar-refractivity contribution in [2.24, 2.45) is 16.1 Å². The third-order valence-electron chi connectivity index (χ3n) is 2.47. The molecule has 0 unspecified atom stereocenters. The van der Waals surface area contributed by atoms with Gasteiger partial charge in [0.05, 0.1) is 0 Å². The molecule has 0 fully saturated rings. The maximum absolute atomic E-state index is 5.87. The Hall–Kier alpha value is -1.55. The van der Waals surface area contributed by atoms with Gasteiger partial charge in [0, 0.05) is 18.8 Å². The molecule has 0 atom stereocenters. The highest BCUT2D eigenvalue weighted by atomic mass is 15.1. The maximum Gasteiger partial charge on any atom is 0.193 e. The number of para-hydroxylation sites is 1. The van der Waals surface area contributed by atoms with Crippen molar-refractivity contribution < 1.29 is 0 Å². The molecule has 0 aromatic heterocycles. The van der Waals surface area contributed by atoms with Crippen LogP contribution in [0, 0.1) is 5.41 Å². The highest BCUT2D eigenvalue weighted by Gasteiger charge is 2.18. The first-order chi connectivity index (χ1) is 8.39. The standard InChI is InChI=1S/C14H24N4/c1-14(2,11-18(3)4)10-16-13(15)17-12-8-6-5-7-9-12/h5-9H,10-11H2,1-4H3,(H3,15,16,17). The Morgan fingerprint density at radius 3 is 2.44 bits per heavy atom. The van der Waals surface area contributed by atoms with Crippen LogP contribution in [0.5, 0.6) is 0 Å². The average molecular weight is 248 g/mol. The van der Waals surface area contributed by atoms with Gasteiger partial charge in [-0.25, -0.2) is 0 Å². The van der Waals surface area contributed by atoms with Gasteiger partial charge >= 0.3 is 0 Å². The van der Waals surface area contributed by atoms with Crippen LogP contribution in [-0.2, 0) is 0 Å². The summed E-state index contributed by atoms with van der Waals surface area (Å²) in [4.78, 5) is 6.56. The Kier molecular flexibility index (Phi) is 5.16. The van der Waals surface area contributed by atoms with Crippen LogP contribution in [-0.4, -0.2) is 38.0 Å². The van der Waals surface area contributed by atoms with Gasteiger partial charge in [0.1, 0.15) is 0 Å². The Morgan fingerprint density at radius 1 is 1.28 bits per heavy atom. The normalized spacial score (nSPS) is 12.8. The molecule has 0 spiro atoms. The SMILES string of the molecule is CN(C)CC(C)(C)CN=C(N)Nc1ccccc1. The summed E-state index contributed by atoms with van der Waals surface area (Å²) >= 11 is 0. The lowest BCUT2D eigenvalue weighted by molar-refractivity contribution is 0.249. The third-order valence-corrected chi connectivity index (χ3v) is 2.47. The molecule has 0 radical (unpaired) electrons. The Balaban J connectivity index is 2.52.